The van der Waals surface area contributed by atoms with E-state index in [4.69, 9.17) is 5.73 Å². The summed E-state index contributed by atoms with van der Waals surface area (Å²) in [5.74, 6) is 0.414. The van der Waals surface area contributed by atoms with Gasteiger partial charge in [0, 0.05) is 19.5 Å². The number of hydrogen-bond acceptors (Lipinski definition) is 3. The molecule has 0 aromatic carbocycles. The van der Waals surface area contributed by atoms with Gasteiger partial charge in [0.1, 0.15) is 0 Å². The Labute approximate surface area is 110 Å². The maximum Gasteiger partial charge on any atom is 0.239 e. The molecule has 106 valence electrons. The van der Waals surface area contributed by atoms with Crippen LogP contribution in [0.4, 0.5) is 0 Å². The summed E-state index contributed by atoms with van der Waals surface area (Å²) in [6, 6.07) is 0. The first-order valence-corrected chi connectivity index (χ1v) is 6.79. The Morgan fingerprint density at radius 3 is 2.44 bits per heavy atom. The summed E-state index contributed by atoms with van der Waals surface area (Å²) < 4.78 is 0. The predicted molar refractivity (Wildman–Crippen MR) is 73.0 cm³/mol. The second-order valence-electron chi connectivity index (χ2n) is 4.58. The Bertz CT molecular complexity index is 257. The van der Waals surface area contributed by atoms with Gasteiger partial charge < -0.3 is 16.0 Å². The minimum Gasteiger partial charge on any atom is -0.355 e. The van der Waals surface area contributed by atoms with Crippen LogP contribution < -0.4 is 11.1 Å². The van der Waals surface area contributed by atoms with Crippen molar-refractivity contribution in [3.05, 3.63) is 0 Å². The summed E-state index contributed by atoms with van der Waals surface area (Å²) in [7, 11) is 0. The number of nitrogens with two attached hydrogens (primary N) is 1. The van der Waals surface area contributed by atoms with E-state index in [2.05, 4.69) is 12.2 Å². The molecule has 18 heavy (non-hydrogen) atoms. The second-order valence-corrected chi connectivity index (χ2v) is 4.58. The van der Waals surface area contributed by atoms with Gasteiger partial charge in [0.25, 0.3) is 0 Å². The molecule has 1 unspecified atom stereocenters. The van der Waals surface area contributed by atoms with Gasteiger partial charge in [-0.15, -0.1) is 0 Å². The minimum absolute atomic E-state index is 0.0487. The van der Waals surface area contributed by atoms with Crippen molar-refractivity contribution in [1.29, 1.82) is 0 Å². The van der Waals surface area contributed by atoms with E-state index in [1.165, 1.54) is 0 Å². The molecule has 0 radical (unpaired) electrons. The molecule has 5 nitrogen and oxygen atoms in total. The monoisotopic (exact) mass is 257 g/mol. The molecule has 0 aliphatic heterocycles. The molecular formula is C13H27N3O2. The molecule has 0 bridgehead atoms. The van der Waals surface area contributed by atoms with Gasteiger partial charge in [0.05, 0.1) is 6.54 Å². The molecule has 0 fully saturated rings. The van der Waals surface area contributed by atoms with E-state index in [1.54, 1.807) is 4.90 Å². The number of carbonyl (C=O) groups excluding carboxylic acids is 2. The number of amides is 2. The first-order chi connectivity index (χ1) is 8.54. The van der Waals surface area contributed by atoms with Gasteiger partial charge >= 0.3 is 0 Å². The van der Waals surface area contributed by atoms with E-state index in [1.807, 2.05) is 13.8 Å². The lowest BCUT2D eigenvalue weighted by molar-refractivity contribution is -0.136. The van der Waals surface area contributed by atoms with Crippen molar-refractivity contribution < 1.29 is 9.59 Å². The first kappa shape index (κ1) is 16.9. The van der Waals surface area contributed by atoms with Crippen molar-refractivity contribution in [2.45, 2.75) is 40.0 Å². The number of likely N-dealkylation sites (N-methyl/N-ethyl adjacent to an activating group) is 2. The lowest BCUT2D eigenvalue weighted by Crippen LogP contribution is -2.40. The molecule has 0 aliphatic carbocycles. The minimum atomic E-state index is -0.0947. The largest absolute Gasteiger partial charge is 0.355 e. The quantitative estimate of drug-likeness (QED) is 0.639. The first-order valence-electron chi connectivity index (χ1n) is 6.79. The number of rotatable bonds is 9. The second kappa shape index (κ2) is 9.88. The third kappa shape index (κ3) is 7.27. The van der Waals surface area contributed by atoms with Crippen LogP contribution in [-0.4, -0.2) is 42.9 Å². The molecule has 0 heterocycles. The van der Waals surface area contributed by atoms with Crippen LogP contribution in [0.5, 0.6) is 0 Å². The zero-order valence-electron chi connectivity index (χ0n) is 11.9. The third-order valence-corrected chi connectivity index (χ3v) is 2.95. The molecule has 3 N–H and O–H groups in total. The zero-order chi connectivity index (χ0) is 14.0. The van der Waals surface area contributed by atoms with Gasteiger partial charge in [-0.3, -0.25) is 9.59 Å². The van der Waals surface area contributed by atoms with Gasteiger partial charge in [-0.25, -0.2) is 0 Å². The summed E-state index contributed by atoms with van der Waals surface area (Å²) in [6.45, 7) is 7.84. The number of carbonyl (C=O) groups is 2. The van der Waals surface area contributed by atoms with Crippen LogP contribution in [-0.2, 0) is 9.59 Å². The van der Waals surface area contributed by atoms with E-state index >= 15 is 0 Å². The molecule has 0 aromatic rings. The van der Waals surface area contributed by atoms with Crippen molar-refractivity contribution in [2.24, 2.45) is 11.7 Å². The summed E-state index contributed by atoms with van der Waals surface area (Å²) >= 11 is 0. The van der Waals surface area contributed by atoms with Crippen molar-refractivity contribution in [2.75, 3.05) is 26.2 Å². The highest BCUT2D eigenvalue weighted by molar-refractivity contribution is 5.84. The predicted octanol–water partition coefficient (Wildman–Crippen LogP) is 0.736. The van der Waals surface area contributed by atoms with E-state index in [0.717, 1.165) is 12.8 Å². The summed E-state index contributed by atoms with van der Waals surface area (Å²) in [6.07, 6.45) is 2.27. The fraction of sp³-hybridized carbons (Fsp3) is 0.846. The van der Waals surface area contributed by atoms with Gasteiger partial charge in [-0.05, 0) is 39.2 Å². The molecule has 0 saturated carbocycles. The van der Waals surface area contributed by atoms with Gasteiger partial charge in [0.2, 0.25) is 11.8 Å². The van der Waals surface area contributed by atoms with Gasteiger partial charge in [-0.1, -0.05) is 6.92 Å². The normalized spacial score (nSPS) is 12.0. The molecular weight excluding hydrogens is 230 g/mol. The number of hydrogen-bond donors (Lipinski definition) is 2. The molecule has 5 heteroatoms. The van der Waals surface area contributed by atoms with Crippen LogP contribution in [0.15, 0.2) is 0 Å². The molecule has 0 saturated heterocycles. The molecule has 0 aromatic heterocycles. The topological polar surface area (TPSA) is 75.4 Å². The average Bonchev–Trinajstić information content (AvgIpc) is 2.33. The lowest BCUT2D eigenvalue weighted by Gasteiger charge is -2.21. The van der Waals surface area contributed by atoms with Crippen molar-refractivity contribution in [1.82, 2.24) is 10.2 Å². The van der Waals surface area contributed by atoms with E-state index in [0.29, 0.717) is 32.0 Å². The van der Waals surface area contributed by atoms with Crippen LogP contribution in [0.3, 0.4) is 0 Å². The van der Waals surface area contributed by atoms with Crippen molar-refractivity contribution in [3.8, 4) is 0 Å². The van der Waals surface area contributed by atoms with Gasteiger partial charge in [0.15, 0.2) is 0 Å². The van der Waals surface area contributed by atoms with Crippen LogP contribution in [0, 0.1) is 5.92 Å². The van der Waals surface area contributed by atoms with Crippen molar-refractivity contribution >= 4 is 11.8 Å². The van der Waals surface area contributed by atoms with Crippen LogP contribution >= 0.6 is 0 Å². The Kier molecular flexibility index (Phi) is 9.28. The highest BCUT2D eigenvalue weighted by Gasteiger charge is 2.15. The standard InChI is InChI=1S/C13H27N3O2/c1-4-15-12(17)10-16(5-2)13(18)7-6-11(3)8-9-14/h11H,4-10,14H2,1-3H3,(H,15,17). The van der Waals surface area contributed by atoms with E-state index in [-0.39, 0.29) is 18.4 Å². The molecule has 0 rings (SSSR count). The summed E-state index contributed by atoms with van der Waals surface area (Å²) in [5.41, 5.74) is 5.47. The van der Waals surface area contributed by atoms with Crippen LogP contribution in [0.2, 0.25) is 0 Å². The average molecular weight is 257 g/mol. The van der Waals surface area contributed by atoms with Crippen molar-refractivity contribution in [3.63, 3.8) is 0 Å². The van der Waals surface area contributed by atoms with E-state index in [9.17, 15) is 9.59 Å². The Balaban J connectivity index is 4.06. The zero-order valence-corrected chi connectivity index (χ0v) is 11.9. The SMILES string of the molecule is CCNC(=O)CN(CC)C(=O)CCC(C)CCN. The highest BCUT2D eigenvalue weighted by atomic mass is 16.2. The Morgan fingerprint density at radius 1 is 1.28 bits per heavy atom. The van der Waals surface area contributed by atoms with Crippen LogP contribution in [0.1, 0.15) is 40.0 Å². The fourth-order valence-corrected chi connectivity index (χ4v) is 1.76. The van der Waals surface area contributed by atoms with E-state index < -0.39 is 0 Å². The number of nitrogens with one attached hydrogen (secondary N) is 1. The molecule has 0 spiro atoms. The molecule has 2 amide bonds. The maximum atomic E-state index is 11.9. The maximum absolute atomic E-state index is 11.9. The Hall–Kier alpha value is -1.10. The highest BCUT2D eigenvalue weighted by Crippen LogP contribution is 2.10. The molecule has 1 atom stereocenters. The summed E-state index contributed by atoms with van der Waals surface area (Å²) in [5, 5.41) is 2.70. The number of nitrogens with zero attached hydrogens (tertiary/aromatic N) is 1. The summed E-state index contributed by atoms with van der Waals surface area (Å²) in [4.78, 5) is 25.0. The van der Waals surface area contributed by atoms with Gasteiger partial charge in [-0.2, -0.15) is 0 Å². The fourth-order valence-electron chi connectivity index (χ4n) is 1.76. The Morgan fingerprint density at radius 2 is 1.94 bits per heavy atom. The third-order valence-electron chi connectivity index (χ3n) is 2.95. The molecule has 0 aliphatic rings. The smallest absolute Gasteiger partial charge is 0.239 e. The lowest BCUT2D eigenvalue weighted by atomic mass is 10.0. The van der Waals surface area contributed by atoms with Crippen LogP contribution in [0.25, 0.3) is 0 Å².